The van der Waals surface area contributed by atoms with Crippen LogP contribution in [0.3, 0.4) is 0 Å². The van der Waals surface area contributed by atoms with Crippen molar-refractivity contribution in [3.8, 4) is 5.69 Å². The molecule has 1 aromatic carbocycles. The number of aldehydes is 1. The smallest absolute Gasteiger partial charge is 0.171 e. The number of rotatable bonds is 2. The Morgan fingerprint density at radius 3 is 2.93 bits per heavy atom. The predicted octanol–water partition coefficient (Wildman–Crippen LogP) is 1.53. The van der Waals surface area contributed by atoms with E-state index in [1.807, 2.05) is 6.92 Å². The number of aryl methyl sites for hydroxylation is 1. The van der Waals surface area contributed by atoms with Gasteiger partial charge in [0.15, 0.2) is 6.29 Å². The van der Waals surface area contributed by atoms with Gasteiger partial charge in [0, 0.05) is 0 Å². The number of carbonyl (C=O) groups excluding carboxylic acids is 1. The zero-order valence-electron chi connectivity index (χ0n) is 8.01. The van der Waals surface area contributed by atoms with E-state index in [0.717, 1.165) is 5.56 Å². The van der Waals surface area contributed by atoms with Crippen LogP contribution in [-0.2, 0) is 0 Å². The molecule has 0 fully saturated rings. The molecule has 0 radical (unpaired) electrons. The number of hydrogen-bond donors (Lipinski definition) is 0. The number of hydrogen-bond acceptors (Lipinski definition) is 3. The molecule has 0 unspecified atom stereocenters. The molecule has 76 valence electrons. The summed E-state index contributed by atoms with van der Waals surface area (Å²) in [5.41, 5.74) is 1.66. The Labute approximate surface area is 85.3 Å². The molecule has 0 N–H and O–H groups in total. The van der Waals surface area contributed by atoms with Gasteiger partial charge in [0.05, 0.1) is 11.9 Å². The van der Waals surface area contributed by atoms with E-state index in [2.05, 4.69) is 10.3 Å². The van der Waals surface area contributed by atoms with Crippen molar-refractivity contribution in [1.29, 1.82) is 0 Å². The van der Waals surface area contributed by atoms with Gasteiger partial charge in [0.1, 0.15) is 11.5 Å². The maximum absolute atomic E-state index is 13.0. The monoisotopic (exact) mass is 205 g/mol. The van der Waals surface area contributed by atoms with Crippen LogP contribution in [0.15, 0.2) is 24.4 Å². The van der Waals surface area contributed by atoms with Crippen molar-refractivity contribution in [3.05, 3.63) is 41.5 Å². The van der Waals surface area contributed by atoms with Gasteiger partial charge in [-0.25, -0.2) is 9.07 Å². The van der Waals surface area contributed by atoms with Gasteiger partial charge in [-0.2, -0.15) is 0 Å². The number of carbonyl (C=O) groups is 1. The molecule has 2 aromatic rings. The van der Waals surface area contributed by atoms with Gasteiger partial charge in [0.2, 0.25) is 0 Å². The van der Waals surface area contributed by atoms with Crippen LogP contribution in [0.1, 0.15) is 16.1 Å². The molecule has 0 spiro atoms. The lowest BCUT2D eigenvalue weighted by atomic mass is 10.2. The van der Waals surface area contributed by atoms with Crippen LogP contribution in [0.2, 0.25) is 0 Å². The van der Waals surface area contributed by atoms with E-state index in [-0.39, 0.29) is 11.5 Å². The van der Waals surface area contributed by atoms with Crippen molar-refractivity contribution in [1.82, 2.24) is 15.0 Å². The Bertz CT molecular complexity index is 507. The van der Waals surface area contributed by atoms with Crippen molar-refractivity contribution in [2.45, 2.75) is 6.92 Å². The molecule has 5 heteroatoms. The molecule has 0 aliphatic heterocycles. The molecule has 0 saturated heterocycles. The third-order valence-corrected chi connectivity index (χ3v) is 2.05. The summed E-state index contributed by atoms with van der Waals surface area (Å²) in [6.07, 6.45) is 2.05. The van der Waals surface area contributed by atoms with E-state index < -0.39 is 0 Å². The Morgan fingerprint density at radius 1 is 1.47 bits per heavy atom. The van der Waals surface area contributed by atoms with Crippen LogP contribution in [0.5, 0.6) is 0 Å². The molecule has 15 heavy (non-hydrogen) atoms. The Hall–Kier alpha value is -2.04. The second-order valence-electron chi connectivity index (χ2n) is 3.14. The highest BCUT2D eigenvalue weighted by atomic mass is 19.1. The minimum Gasteiger partial charge on any atom is -0.296 e. The van der Waals surface area contributed by atoms with Crippen molar-refractivity contribution in [3.63, 3.8) is 0 Å². The van der Waals surface area contributed by atoms with E-state index >= 15 is 0 Å². The highest BCUT2D eigenvalue weighted by Gasteiger charge is 2.05. The molecular formula is C10H8FN3O. The van der Waals surface area contributed by atoms with Gasteiger partial charge < -0.3 is 0 Å². The molecule has 1 heterocycles. The van der Waals surface area contributed by atoms with Crippen molar-refractivity contribution in [2.75, 3.05) is 0 Å². The average molecular weight is 205 g/mol. The molecule has 2 rings (SSSR count). The lowest BCUT2D eigenvalue weighted by Crippen LogP contribution is -1.98. The van der Waals surface area contributed by atoms with Gasteiger partial charge in [-0.05, 0) is 24.6 Å². The molecule has 1 aromatic heterocycles. The van der Waals surface area contributed by atoms with Crippen LogP contribution in [-0.4, -0.2) is 21.3 Å². The van der Waals surface area contributed by atoms with Crippen LogP contribution >= 0.6 is 0 Å². The van der Waals surface area contributed by atoms with Crippen LogP contribution in [0, 0.1) is 12.7 Å². The highest BCUT2D eigenvalue weighted by molar-refractivity contribution is 5.70. The molecule has 0 amide bonds. The van der Waals surface area contributed by atoms with Crippen LogP contribution < -0.4 is 0 Å². The van der Waals surface area contributed by atoms with Crippen LogP contribution in [0.4, 0.5) is 4.39 Å². The maximum atomic E-state index is 13.0. The molecule has 0 saturated carbocycles. The Balaban J connectivity index is 2.52. The normalized spacial score (nSPS) is 10.3. The fraction of sp³-hybridized carbons (Fsp3) is 0.100. The zero-order valence-corrected chi connectivity index (χ0v) is 8.01. The minimum absolute atomic E-state index is 0.221. The lowest BCUT2D eigenvalue weighted by Gasteiger charge is -2.03. The number of halogens is 1. The summed E-state index contributed by atoms with van der Waals surface area (Å²) in [4.78, 5) is 10.4. The lowest BCUT2D eigenvalue weighted by molar-refractivity contribution is 0.111. The average Bonchev–Trinajstić information content (AvgIpc) is 2.70. The first-order valence-corrected chi connectivity index (χ1v) is 4.35. The summed E-state index contributed by atoms with van der Waals surface area (Å²) < 4.78 is 14.4. The largest absolute Gasteiger partial charge is 0.296 e. The summed E-state index contributed by atoms with van der Waals surface area (Å²) >= 11 is 0. The first-order valence-electron chi connectivity index (χ1n) is 4.35. The van der Waals surface area contributed by atoms with E-state index in [4.69, 9.17) is 0 Å². The van der Waals surface area contributed by atoms with Gasteiger partial charge in [-0.1, -0.05) is 11.3 Å². The van der Waals surface area contributed by atoms with E-state index in [9.17, 15) is 9.18 Å². The van der Waals surface area contributed by atoms with Gasteiger partial charge in [-0.3, -0.25) is 4.79 Å². The van der Waals surface area contributed by atoms with Crippen molar-refractivity contribution in [2.24, 2.45) is 0 Å². The second-order valence-corrected chi connectivity index (χ2v) is 3.14. The molecule has 0 atom stereocenters. The topological polar surface area (TPSA) is 47.8 Å². The first kappa shape index (κ1) is 9.51. The number of aromatic nitrogens is 3. The predicted molar refractivity (Wildman–Crippen MR) is 51.4 cm³/mol. The fourth-order valence-corrected chi connectivity index (χ4v) is 1.28. The Morgan fingerprint density at radius 2 is 2.27 bits per heavy atom. The molecule has 4 nitrogen and oxygen atoms in total. The quantitative estimate of drug-likeness (QED) is 0.698. The van der Waals surface area contributed by atoms with Crippen molar-refractivity contribution < 1.29 is 9.18 Å². The summed E-state index contributed by atoms with van der Waals surface area (Å²) in [6.45, 7) is 1.83. The minimum atomic E-state index is -0.348. The summed E-state index contributed by atoms with van der Waals surface area (Å²) in [5.74, 6) is -0.348. The third kappa shape index (κ3) is 1.76. The number of benzene rings is 1. The first-order chi connectivity index (χ1) is 7.20. The number of nitrogens with zero attached hydrogens (tertiary/aromatic N) is 3. The molecule has 0 aliphatic carbocycles. The maximum Gasteiger partial charge on any atom is 0.171 e. The standard InChI is InChI=1S/C10H8FN3O/c1-7-2-3-8(11)4-10(7)14-5-9(6-15)12-13-14/h2-6H,1H3. The van der Waals surface area contributed by atoms with E-state index in [1.54, 1.807) is 6.07 Å². The summed E-state index contributed by atoms with van der Waals surface area (Å²) in [5, 5.41) is 7.33. The fourth-order valence-electron chi connectivity index (χ4n) is 1.28. The van der Waals surface area contributed by atoms with Gasteiger partial charge in [-0.15, -0.1) is 5.10 Å². The molecule has 0 aliphatic rings. The van der Waals surface area contributed by atoms with E-state index in [1.165, 1.54) is 23.0 Å². The summed E-state index contributed by atoms with van der Waals surface area (Å²) in [7, 11) is 0. The Kier molecular flexibility index (Phi) is 2.29. The zero-order chi connectivity index (χ0) is 10.8. The third-order valence-electron chi connectivity index (χ3n) is 2.05. The molecule has 0 bridgehead atoms. The SMILES string of the molecule is Cc1ccc(F)cc1-n1cc(C=O)nn1. The second kappa shape index (κ2) is 3.61. The van der Waals surface area contributed by atoms with Gasteiger partial charge >= 0.3 is 0 Å². The van der Waals surface area contributed by atoms with Crippen LogP contribution in [0.25, 0.3) is 5.69 Å². The molecular weight excluding hydrogens is 197 g/mol. The van der Waals surface area contributed by atoms with Gasteiger partial charge in [0.25, 0.3) is 0 Å². The highest BCUT2D eigenvalue weighted by Crippen LogP contribution is 2.14. The summed E-state index contributed by atoms with van der Waals surface area (Å²) in [6, 6.07) is 4.36. The van der Waals surface area contributed by atoms with E-state index in [0.29, 0.717) is 12.0 Å². The van der Waals surface area contributed by atoms with Crippen molar-refractivity contribution >= 4 is 6.29 Å².